The Morgan fingerprint density at radius 2 is 2.14 bits per heavy atom. The second kappa shape index (κ2) is 6.95. The van der Waals surface area contributed by atoms with Crippen LogP contribution in [0.5, 0.6) is 0 Å². The van der Waals surface area contributed by atoms with Gasteiger partial charge in [0.1, 0.15) is 5.03 Å². The molecule has 0 amide bonds. The molecule has 110 valence electrons. The highest BCUT2D eigenvalue weighted by atomic mass is 79.9. The van der Waals surface area contributed by atoms with Gasteiger partial charge in [0.05, 0.1) is 0 Å². The molecule has 2 nitrogen and oxygen atoms in total. The van der Waals surface area contributed by atoms with E-state index in [4.69, 9.17) is 0 Å². The Balaban J connectivity index is 1.87. The fourth-order valence-electron chi connectivity index (χ4n) is 2.92. The topological polar surface area (TPSA) is 24.9 Å². The lowest BCUT2D eigenvalue weighted by molar-refractivity contribution is 0.484. The molecule has 2 unspecified atom stereocenters. The average Bonchev–Trinajstić information content (AvgIpc) is 2.52. The first-order valence-electron chi connectivity index (χ1n) is 7.38. The molecule has 0 saturated heterocycles. The van der Waals surface area contributed by atoms with Crippen LogP contribution < -0.4 is 5.32 Å². The highest BCUT2D eigenvalue weighted by molar-refractivity contribution is 9.10. The van der Waals surface area contributed by atoms with E-state index in [-0.39, 0.29) is 0 Å². The number of halogens is 1. The molecular weight excluding hydrogens is 344 g/mol. The molecule has 0 bridgehead atoms. The number of nitrogens with zero attached hydrogens (tertiary/aromatic N) is 1. The van der Waals surface area contributed by atoms with Gasteiger partial charge in [-0.05, 0) is 58.6 Å². The normalized spacial score (nSPS) is 21.0. The van der Waals surface area contributed by atoms with Crippen LogP contribution in [0.15, 0.2) is 52.1 Å². The van der Waals surface area contributed by atoms with Crippen LogP contribution in [0.25, 0.3) is 0 Å². The van der Waals surface area contributed by atoms with Crippen molar-refractivity contribution in [2.24, 2.45) is 0 Å². The monoisotopic (exact) mass is 362 g/mol. The Labute approximate surface area is 138 Å². The van der Waals surface area contributed by atoms with Gasteiger partial charge in [-0.25, -0.2) is 4.98 Å². The second-order valence-corrected chi connectivity index (χ2v) is 7.30. The number of hydrogen-bond donors (Lipinski definition) is 1. The number of aryl methyl sites for hydroxylation is 1. The minimum atomic E-state index is 0.402. The molecule has 1 aliphatic carbocycles. The van der Waals surface area contributed by atoms with Crippen molar-refractivity contribution in [2.45, 2.75) is 36.1 Å². The van der Waals surface area contributed by atoms with Gasteiger partial charge in [-0.3, -0.25) is 0 Å². The predicted molar refractivity (Wildman–Crippen MR) is 92.8 cm³/mol. The number of rotatable bonds is 4. The molecule has 4 heteroatoms. The minimum Gasteiger partial charge on any atom is -0.309 e. The quantitative estimate of drug-likeness (QED) is 0.859. The highest BCUT2D eigenvalue weighted by Crippen LogP contribution is 2.41. The first-order chi connectivity index (χ1) is 10.3. The van der Waals surface area contributed by atoms with Crippen molar-refractivity contribution in [3.8, 4) is 0 Å². The predicted octanol–water partition coefficient (Wildman–Crippen LogP) is 4.60. The Kier molecular flexibility index (Phi) is 4.99. The van der Waals surface area contributed by atoms with Gasteiger partial charge in [0.15, 0.2) is 0 Å². The van der Waals surface area contributed by atoms with Crippen LogP contribution in [0, 0.1) is 0 Å². The summed E-state index contributed by atoms with van der Waals surface area (Å²) in [6.45, 7) is 3.16. The smallest absolute Gasteiger partial charge is 0.110 e. The molecule has 0 aliphatic heterocycles. The summed E-state index contributed by atoms with van der Waals surface area (Å²) in [5.74, 6) is 0. The third-order valence-electron chi connectivity index (χ3n) is 3.87. The van der Waals surface area contributed by atoms with E-state index < -0.39 is 0 Å². The lowest BCUT2D eigenvalue weighted by Crippen LogP contribution is -2.34. The molecule has 2 atom stereocenters. The van der Waals surface area contributed by atoms with Crippen LogP contribution in [0.1, 0.15) is 30.5 Å². The maximum absolute atomic E-state index is 4.51. The summed E-state index contributed by atoms with van der Waals surface area (Å²) in [6, 6.07) is 13.2. The molecule has 2 aromatic rings. The fourth-order valence-corrected chi connectivity index (χ4v) is 4.66. The molecule has 0 spiro atoms. The van der Waals surface area contributed by atoms with Gasteiger partial charge < -0.3 is 5.32 Å². The van der Waals surface area contributed by atoms with Crippen LogP contribution in [0.4, 0.5) is 0 Å². The number of hydrogen-bond acceptors (Lipinski definition) is 3. The van der Waals surface area contributed by atoms with E-state index in [1.165, 1.54) is 17.5 Å². The SMILES string of the molecule is CCNC1c2ccccc2CCC1Sc1ncccc1Br. The van der Waals surface area contributed by atoms with E-state index in [9.17, 15) is 0 Å². The lowest BCUT2D eigenvalue weighted by Gasteiger charge is -2.33. The van der Waals surface area contributed by atoms with Gasteiger partial charge in [0, 0.05) is 22.0 Å². The fraction of sp³-hybridized carbons (Fsp3) is 0.353. The first-order valence-corrected chi connectivity index (χ1v) is 9.05. The third-order valence-corrected chi connectivity index (χ3v) is 6.13. The third kappa shape index (κ3) is 3.33. The summed E-state index contributed by atoms with van der Waals surface area (Å²) in [5.41, 5.74) is 2.94. The van der Waals surface area contributed by atoms with Crippen molar-refractivity contribution in [1.29, 1.82) is 0 Å². The standard InChI is InChI=1S/C17H19BrN2S/c1-2-19-16-13-7-4-3-6-12(13)9-10-15(16)21-17-14(18)8-5-11-20-17/h3-8,11,15-16,19H,2,9-10H2,1H3. The molecule has 0 saturated carbocycles. The van der Waals surface area contributed by atoms with Gasteiger partial charge in [-0.15, -0.1) is 0 Å². The molecule has 21 heavy (non-hydrogen) atoms. The zero-order chi connectivity index (χ0) is 14.7. The van der Waals surface area contributed by atoms with Gasteiger partial charge >= 0.3 is 0 Å². The number of nitrogens with one attached hydrogen (secondary N) is 1. The minimum absolute atomic E-state index is 0.402. The van der Waals surface area contributed by atoms with E-state index in [1.54, 1.807) is 0 Å². The summed E-state index contributed by atoms with van der Waals surface area (Å²) in [5, 5.41) is 5.27. The van der Waals surface area contributed by atoms with Crippen LogP contribution in [0.2, 0.25) is 0 Å². The Bertz CT molecular complexity index is 617. The Morgan fingerprint density at radius 1 is 1.29 bits per heavy atom. The van der Waals surface area contributed by atoms with Gasteiger partial charge in [0.2, 0.25) is 0 Å². The van der Waals surface area contributed by atoms with Crippen LogP contribution in [-0.4, -0.2) is 16.8 Å². The first kappa shape index (κ1) is 15.1. The molecule has 0 fully saturated rings. The van der Waals surface area contributed by atoms with Crippen LogP contribution >= 0.6 is 27.7 Å². The number of pyridine rings is 1. The molecule has 3 rings (SSSR count). The molecule has 1 N–H and O–H groups in total. The summed E-state index contributed by atoms with van der Waals surface area (Å²) in [7, 11) is 0. The van der Waals surface area contributed by atoms with Gasteiger partial charge in [-0.2, -0.15) is 0 Å². The summed E-state index contributed by atoms with van der Waals surface area (Å²) in [6.07, 6.45) is 4.20. The number of aromatic nitrogens is 1. The summed E-state index contributed by atoms with van der Waals surface area (Å²) >= 11 is 5.49. The van der Waals surface area contributed by atoms with Crippen molar-refractivity contribution in [1.82, 2.24) is 10.3 Å². The zero-order valence-electron chi connectivity index (χ0n) is 12.1. The van der Waals surface area contributed by atoms with Crippen molar-refractivity contribution >= 4 is 27.7 Å². The van der Waals surface area contributed by atoms with E-state index >= 15 is 0 Å². The zero-order valence-corrected chi connectivity index (χ0v) is 14.5. The highest BCUT2D eigenvalue weighted by Gasteiger charge is 2.30. The Morgan fingerprint density at radius 3 is 2.95 bits per heavy atom. The average molecular weight is 363 g/mol. The second-order valence-electron chi connectivity index (χ2n) is 5.22. The lowest BCUT2D eigenvalue weighted by atomic mass is 9.87. The number of thioether (sulfide) groups is 1. The van der Waals surface area contributed by atoms with Crippen LogP contribution in [0.3, 0.4) is 0 Å². The number of fused-ring (bicyclic) bond motifs is 1. The molecule has 1 aromatic heterocycles. The molecule has 1 heterocycles. The Hall–Kier alpha value is -0.840. The van der Waals surface area contributed by atoms with Crippen molar-refractivity contribution in [2.75, 3.05) is 6.54 Å². The van der Waals surface area contributed by atoms with Crippen molar-refractivity contribution < 1.29 is 0 Å². The number of benzene rings is 1. The summed E-state index contributed by atoms with van der Waals surface area (Å²) < 4.78 is 1.09. The van der Waals surface area contributed by atoms with Gasteiger partial charge in [0.25, 0.3) is 0 Å². The van der Waals surface area contributed by atoms with Crippen LogP contribution in [-0.2, 0) is 6.42 Å². The molecular formula is C17H19BrN2S. The largest absolute Gasteiger partial charge is 0.309 e. The maximum atomic E-state index is 4.51. The van der Waals surface area contributed by atoms with Gasteiger partial charge in [-0.1, -0.05) is 43.0 Å². The van der Waals surface area contributed by atoms with Crippen molar-refractivity contribution in [3.05, 3.63) is 58.2 Å². The maximum Gasteiger partial charge on any atom is 0.110 e. The summed E-state index contributed by atoms with van der Waals surface area (Å²) in [4.78, 5) is 4.51. The molecule has 1 aliphatic rings. The van der Waals surface area contributed by atoms with E-state index in [2.05, 4.69) is 63.5 Å². The van der Waals surface area contributed by atoms with E-state index in [0.717, 1.165) is 22.5 Å². The molecule has 0 radical (unpaired) electrons. The van der Waals surface area contributed by atoms with Crippen molar-refractivity contribution in [3.63, 3.8) is 0 Å². The van der Waals surface area contributed by atoms with E-state index in [0.29, 0.717) is 11.3 Å². The van der Waals surface area contributed by atoms with E-state index in [1.807, 2.05) is 24.0 Å². The molecule has 1 aromatic carbocycles.